The molecule has 0 bridgehead atoms. The molecule has 0 saturated carbocycles. The molecule has 5 nitrogen and oxygen atoms in total. The number of nitrogens with zero attached hydrogens (tertiary/aromatic N) is 2. The zero-order valence-electron chi connectivity index (χ0n) is 10.3. The number of imidazole rings is 1. The number of nitrogens with one attached hydrogen (secondary N) is 1. The predicted octanol–water partition coefficient (Wildman–Crippen LogP) is 0.412. The van der Waals surface area contributed by atoms with Crippen molar-refractivity contribution in [2.75, 3.05) is 12.3 Å². The van der Waals surface area contributed by atoms with Gasteiger partial charge in [-0.3, -0.25) is 0 Å². The van der Waals surface area contributed by atoms with Crippen LogP contribution < -0.4 is 10.2 Å². The fourth-order valence-corrected chi connectivity index (χ4v) is 2.45. The van der Waals surface area contributed by atoms with Crippen molar-refractivity contribution >= 4 is 48.5 Å². The molecule has 0 aliphatic rings. The van der Waals surface area contributed by atoms with E-state index in [1.807, 2.05) is 18.2 Å². The van der Waals surface area contributed by atoms with Crippen LogP contribution in [0.4, 0.5) is 5.82 Å². The summed E-state index contributed by atoms with van der Waals surface area (Å²) in [4.78, 5) is 12.2. The van der Waals surface area contributed by atoms with Gasteiger partial charge in [-0.1, -0.05) is 18.2 Å². The highest BCUT2D eigenvalue weighted by molar-refractivity contribution is 6.33. The molecule has 2 radical (unpaired) electrons. The van der Waals surface area contributed by atoms with Crippen LogP contribution in [0.25, 0.3) is 21.9 Å². The van der Waals surface area contributed by atoms with Crippen molar-refractivity contribution in [3.05, 3.63) is 24.0 Å². The Morgan fingerprint density at radius 2 is 2.16 bits per heavy atom. The average Bonchev–Trinajstić information content (AvgIpc) is 2.81. The second-order valence-corrected chi connectivity index (χ2v) is 5.17. The van der Waals surface area contributed by atoms with E-state index in [0.29, 0.717) is 18.7 Å². The van der Waals surface area contributed by atoms with Gasteiger partial charge in [-0.05, 0) is 6.42 Å². The number of aliphatic hydroxyl groups is 1. The van der Waals surface area contributed by atoms with Gasteiger partial charge in [-0.15, -0.1) is 4.43 Å². The van der Waals surface area contributed by atoms with E-state index < -0.39 is 0 Å². The number of aromatic amines is 1. The number of aromatic nitrogens is 3. The lowest BCUT2D eigenvalue weighted by Crippen LogP contribution is -2.02. The van der Waals surface area contributed by atoms with Crippen molar-refractivity contribution in [1.82, 2.24) is 15.0 Å². The molecule has 94 valence electrons. The lowest BCUT2D eigenvalue weighted by atomic mass is 10.2. The Kier molecular flexibility index (Phi) is 3.15. The molecule has 0 saturated heterocycles. The Morgan fingerprint density at radius 3 is 2.95 bits per heavy atom. The van der Waals surface area contributed by atoms with Crippen molar-refractivity contribution in [2.45, 2.75) is 12.8 Å². The monoisotopic (exact) mass is 268 g/mol. The highest BCUT2D eigenvalue weighted by Crippen LogP contribution is 2.25. The van der Waals surface area contributed by atoms with E-state index in [4.69, 9.17) is 10.8 Å². The number of pyridine rings is 1. The normalized spacial score (nSPS) is 11.4. The molecule has 6 heteroatoms. The summed E-state index contributed by atoms with van der Waals surface area (Å²) in [5, 5.41) is 9.87. The van der Waals surface area contributed by atoms with E-state index in [-0.39, 0.29) is 6.61 Å². The van der Waals surface area contributed by atoms with Gasteiger partial charge in [0.25, 0.3) is 0 Å². The lowest BCUT2D eigenvalue weighted by Gasteiger charge is -2.02. The molecule has 3 aromatic rings. The fraction of sp³-hybridized carbons (Fsp3) is 0.231. The molecular formula is C13H13AlN4O. The molecule has 4 N–H and O–H groups in total. The quantitative estimate of drug-likeness (QED) is 0.600. The van der Waals surface area contributed by atoms with Gasteiger partial charge in [0.1, 0.15) is 22.7 Å². The summed E-state index contributed by atoms with van der Waals surface area (Å²) < 4.78 is 1.06. The van der Waals surface area contributed by atoms with Gasteiger partial charge in [0, 0.05) is 18.4 Å². The topological polar surface area (TPSA) is 87.8 Å². The summed E-state index contributed by atoms with van der Waals surface area (Å²) in [6, 6.07) is 5.98. The van der Waals surface area contributed by atoms with E-state index >= 15 is 0 Å². The summed E-state index contributed by atoms with van der Waals surface area (Å²) >= 11 is 2.65. The van der Waals surface area contributed by atoms with Crippen LogP contribution in [0, 0.1) is 0 Å². The first kappa shape index (κ1) is 12.4. The maximum Gasteiger partial charge on any atom is 0.175 e. The minimum atomic E-state index is 0.155. The highest BCUT2D eigenvalue weighted by Gasteiger charge is 2.11. The Morgan fingerprint density at radius 1 is 1.32 bits per heavy atom. The molecule has 2 aromatic heterocycles. The summed E-state index contributed by atoms with van der Waals surface area (Å²) in [6.07, 6.45) is 1.38. The molecule has 0 fully saturated rings. The molecule has 0 atom stereocenters. The maximum atomic E-state index is 8.88. The summed E-state index contributed by atoms with van der Waals surface area (Å²) in [6.45, 7) is 0.155. The zero-order chi connectivity index (χ0) is 13.4. The standard InChI is InChI=1S/C13H13N4O.Al/c14-13-12-11(16-10(17-12)6-3-7-18)8-4-1-2-5-9(8)15-13;/h1,4-5,18H,3,6-7H2,(H2,14,15)(H,16,17);. The zero-order valence-corrected chi connectivity index (χ0v) is 11.5. The number of benzene rings is 1. The second kappa shape index (κ2) is 4.82. The molecule has 0 unspecified atom stereocenters. The summed E-state index contributed by atoms with van der Waals surface area (Å²) in [5.74, 6) is 1.29. The maximum absolute atomic E-state index is 8.88. The van der Waals surface area contributed by atoms with E-state index in [1.54, 1.807) is 0 Å². The number of aliphatic hydroxyl groups excluding tert-OH is 1. The smallest absolute Gasteiger partial charge is 0.175 e. The van der Waals surface area contributed by atoms with Gasteiger partial charge in [0.2, 0.25) is 0 Å². The van der Waals surface area contributed by atoms with Gasteiger partial charge in [-0.2, -0.15) is 0 Å². The first-order chi connectivity index (χ1) is 9.19. The van der Waals surface area contributed by atoms with Crippen molar-refractivity contribution in [2.24, 2.45) is 0 Å². The molecule has 0 amide bonds. The third-order valence-electron chi connectivity index (χ3n) is 3.10. The minimum absolute atomic E-state index is 0.155. The van der Waals surface area contributed by atoms with Crippen molar-refractivity contribution in [1.29, 1.82) is 0 Å². The fourth-order valence-electron chi connectivity index (χ4n) is 2.19. The van der Waals surface area contributed by atoms with Gasteiger partial charge in [0.05, 0.1) is 5.52 Å². The SMILES string of the molecule is Nc1nc2c[c]([Al])ccc2c2nc(CCCO)[nH]c12. The van der Waals surface area contributed by atoms with Gasteiger partial charge in [0.15, 0.2) is 16.3 Å². The minimum Gasteiger partial charge on any atom is -0.396 e. The number of rotatable bonds is 3. The van der Waals surface area contributed by atoms with Crippen LogP contribution in [-0.2, 0) is 6.42 Å². The van der Waals surface area contributed by atoms with Gasteiger partial charge >= 0.3 is 0 Å². The van der Waals surface area contributed by atoms with E-state index in [1.165, 1.54) is 0 Å². The third-order valence-corrected chi connectivity index (χ3v) is 3.46. The molecule has 1 aromatic carbocycles. The van der Waals surface area contributed by atoms with E-state index in [2.05, 4.69) is 31.2 Å². The number of nitrogen functional groups attached to an aromatic ring is 1. The number of aryl methyl sites for hydroxylation is 1. The molecule has 3 rings (SSSR count). The number of nitrogens with two attached hydrogens (primary N) is 1. The molecule has 0 spiro atoms. The van der Waals surface area contributed by atoms with Crippen molar-refractivity contribution in [3.63, 3.8) is 0 Å². The molecule has 2 heterocycles. The lowest BCUT2D eigenvalue weighted by molar-refractivity contribution is 0.287. The third kappa shape index (κ3) is 2.19. The van der Waals surface area contributed by atoms with E-state index in [0.717, 1.165) is 32.2 Å². The van der Waals surface area contributed by atoms with Gasteiger partial charge < -0.3 is 15.8 Å². The van der Waals surface area contributed by atoms with Crippen LogP contribution in [0.3, 0.4) is 0 Å². The molecule has 0 aliphatic heterocycles. The summed E-state index contributed by atoms with van der Waals surface area (Å²) in [5.41, 5.74) is 8.44. The summed E-state index contributed by atoms with van der Waals surface area (Å²) in [7, 11) is 0. The van der Waals surface area contributed by atoms with Crippen LogP contribution in [-0.4, -0.2) is 43.0 Å². The van der Waals surface area contributed by atoms with Crippen LogP contribution in [0.2, 0.25) is 0 Å². The molecular weight excluding hydrogens is 255 g/mol. The number of hydrogen-bond acceptors (Lipinski definition) is 4. The van der Waals surface area contributed by atoms with Crippen LogP contribution in [0.5, 0.6) is 0 Å². The Balaban J connectivity index is 2.24. The number of H-pyrrole nitrogens is 1. The second-order valence-electron chi connectivity index (χ2n) is 4.51. The first-order valence-corrected chi connectivity index (χ1v) is 6.71. The van der Waals surface area contributed by atoms with Crippen molar-refractivity contribution < 1.29 is 5.11 Å². The Hall–Kier alpha value is -1.61. The molecule has 19 heavy (non-hydrogen) atoms. The molecule has 0 aliphatic carbocycles. The van der Waals surface area contributed by atoms with Crippen LogP contribution in [0.1, 0.15) is 12.2 Å². The number of hydrogen-bond donors (Lipinski definition) is 3. The Labute approximate surface area is 118 Å². The van der Waals surface area contributed by atoms with Crippen LogP contribution >= 0.6 is 0 Å². The Bertz CT molecular complexity index is 753. The first-order valence-electron chi connectivity index (χ1n) is 6.13. The average molecular weight is 268 g/mol. The predicted molar refractivity (Wildman–Crippen MR) is 76.6 cm³/mol. The van der Waals surface area contributed by atoms with Crippen molar-refractivity contribution in [3.8, 4) is 0 Å². The van der Waals surface area contributed by atoms with Gasteiger partial charge in [-0.25, -0.2) is 9.97 Å². The number of fused-ring (bicyclic) bond motifs is 3. The van der Waals surface area contributed by atoms with Crippen LogP contribution in [0.15, 0.2) is 18.2 Å². The largest absolute Gasteiger partial charge is 0.396 e. The highest BCUT2D eigenvalue weighted by atomic mass is 27.0. The number of anilines is 1. The van der Waals surface area contributed by atoms with E-state index in [9.17, 15) is 0 Å².